The molecule has 0 heterocycles. The van der Waals surface area contributed by atoms with Crippen LogP contribution in [0.25, 0.3) is 0 Å². The zero-order valence-electron chi connectivity index (χ0n) is 15.0. The van der Waals surface area contributed by atoms with Crippen LogP contribution in [0, 0.1) is 0 Å². The van der Waals surface area contributed by atoms with Gasteiger partial charge in [0.25, 0.3) is 0 Å². The summed E-state index contributed by atoms with van der Waals surface area (Å²) in [5.74, 6) is -0.484. The molecule has 0 N–H and O–H groups in total. The van der Waals surface area contributed by atoms with Gasteiger partial charge < -0.3 is 9.47 Å². The van der Waals surface area contributed by atoms with Crippen molar-refractivity contribution in [1.82, 2.24) is 0 Å². The summed E-state index contributed by atoms with van der Waals surface area (Å²) in [4.78, 5) is 23.0. The van der Waals surface area contributed by atoms with Crippen LogP contribution in [0.15, 0.2) is 12.7 Å². The number of esters is 2. The highest BCUT2D eigenvalue weighted by atomic mass is 16.5. The van der Waals surface area contributed by atoms with Gasteiger partial charge >= 0.3 is 11.9 Å². The monoisotopic (exact) mass is 326 g/mol. The molecule has 0 aromatic heterocycles. The van der Waals surface area contributed by atoms with Gasteiger partial charge in [-0.15, -0.1) is 6.58 Å². The van der Waals surface area contributed by atoms with Crippen molar-refractivity contribution in [2.24, 2.45) is 0 Å². The van der Waals surface area contributed by atoms with Gasteiger partial charge in [0.05, 0.1) is 12.7 Å². The van der Waals surface area contributed by atoms with Crippen molar-refractivity contribution in [3.05, 3.63) is 12.7 Å². The summed E-state index contributed by atoms with van der Waals surface area (Å²) in [5, 5.41) is 0. The predicted molar refractivity (Wildman–Crippen MR) is 93.2 cm³/mol. The Morgan fingerprint density at radius 3 is 2.35 bits per heavy atom. The van der Waals surface area contributed by atoms with Crippen molar-refractivity contribution in [1.29, 1.82) is 0 Å². The van der Waals surface area contributed by atoms with E-state index in [4.69, 9.17) is 9.47 Å². The molecule has 0 saturated heterocycles. The Labute approximate surface area is 141 Å². The molecule has 0 radical (unpaired) electrons. The number of unbranched alkanes of at least 4 members (excludes halogenated alkanes) is 5. The molecular formula is C19H34O4. The van der Waals surface area contributed by atoms with Gasteiger partial charge in [0.2, 0.25) is 0 Å². The van der Waals surface area contributed by atoms with Crippen LogP contribution in [0.4, 0.5) is 0 Å². The average molecular weight is 326 g/mol. The smallest absolute Gasteiger partial charge is 0.306 e. The molecule has 0 aromatic carbocycles. The first-order valence-corrected chi connectivity index (χ1v) is 9.06. The molecule has 0 aliphatic rings. The Morgan fingerprint density at radius 1 is 1.00 bits per heavy atom. The highest BCUT2D eigenvalue weighted by molar-refractivity contribution is 5.72. The number of hydrogen-bond acceptors (Lipinski definition) is 4. The number of rotatable bonds is 15. The maximum absolute atomic E-state index is 11.7. The number of carbonyl (C=O) groups is 2. The molecule has 134 valence electrons. The Hall–Kier alpha value is -1.32. The topological polar surface area (TPSA) is 52.6 Å². The second-order valence-corrected chi connectivity index (χ2v) is 6.01. The van der Waals surface area contributed by atoms with E-state index in [0.29, 0.717) is 19.4 Å². The minimum atomic E-state index is -0.264. The normalized spacial score (nSPS) is 11.7. The number of hydrogen-bond donors (Lipinski definition) is 0. The highest BCUT2D eigenvalue weighted by Gasteiger charge is 2.10. The third-order valence-corrected chi connectivity index (χ3v) is 3.64. The van der Waals surface area contributed by atoms with Crippen molar-refractivity contribution >= 4 is 11.9 Å². The van der Waals surface area contributed by atoms with Crippen LogP contribution < -0.4 is 0 Å². The van der Waals surface area contributed by atoms with Crippen molar-refractivity contribution in [3.63, 3.8) is 0 Å². The van der Waals surface area contributed by atoms with Crippen LogP contribution in [0.1, 0.15) is 84.5 Å². The Kier molecular flexibility index (Phi) is 14.7. The molecule has 0 bridgehead atoms. The second kappa shape index (κ2) is 15.6. The van der Waals surface area contributed by atoms with Gasteiger partial charge in [0, 0.05) is 12.8 Å². The van der Waals surface area contributed by atoms with Crippen molar-refractivity contribution in [2.45, 2.75) is 90.6 Å². The summed E-state index contributed by atoms with van der Waals surface area (Å²) in [5.41, 5.74) is 0. The second-order valence-electron chi connectivity index (χ2n) is 6.01. The Balaban J connectivity index is 3.53. The molecule has 0 fully saturated rings. The summed E-state index contributed by atoms with van der Waals surface area (Å²) in [7, 11) is 0. The fourth-order valence-electron chi connectivity index (χ4n) is 2.26. The van der Waals surface area contributed by atoms with Crippen LogP contribution in [0.2, 0.25) is 0 Å². The first-order valence-electron chi connectivity index (χ1n) is 9.06. The summed E-state index contributed by atoms with van der Waals surface area (Å²) in [6, 6.07) is 0. The van der Waals surface area contributed by atoms with Crippen molar-refractivity contribution in [2.75, 3.05) is 6.61 Å². The van der Waals surface area contributed by atoms with E-state index in [-0.39, 0.29) is 30.9 Å². The Bertz CT molecular complexity index is 325. The van der Waals surface area contributed by atoms with Gasteiger partial charge in [-0.1, -0.05) is 45.1 Å². The fraction of sp³-hybridized carbons (Fsp3) is 0.789. The molecule has 23 heavy (non-hydrogen) atoms. The summed E-state index contributed by atoms with van der Waals surface area (Å²) < 4.78 is 10.3. The van der Waals surface area contributed by atoms with E-state index in [0.717, 1.165) is 12.8 Å². The lowest BCUT2D eigenvalue weighted by atomic mass is 10.1. The molecule has 0 aromatic rings. The third-order valence-electron chi connectivity index (χ3n) is 3.64. The van der Waals surface area contributed by atoms with E-state index >= 15 is 0 Å². The molecule has 1 atom stereocenters. The summed E-state index contributed by atoms with van der Waals surface area (Å²) in [6.45, 7) is 8.07. The summed E-state index contributed by atoms with van der Waals surface area (Å²) >= 11 is 0. The standard InChI is InChI=1S/C19H34O4/c1-4-6-8-9-10-11-13-17(3)23-19(21)15-12-14-18(20)22-16-7-5-2/h5,17H,2,4,6-16H2,1,3H3. The van der Waals surface area contributed by atoms with E-state index in [2.05, 4.69) is 13.5 Å². The fourth-order valence-corrected chi connectivity index (χ4v) is 2.26. The molecule has 0 aliphatic carbocycles. The SMILES string of the molecule is C=CCCOC(=O)CCCC(=O)OC(C)CCCCCCCC. The first kappa shape index (κ1) is 21.7. The molecular weight excluding hydrogens is 292 g/mol. The number of carbonyl (C=O) groups excluding carboxylic acids is 2. The van der Waals surface area contributed by atoms with E-state index in [1.165, 1.54) is 32.1 Å². The van der Waals surface area contributed by atoms with E-state index in [1.54, 1.807) is 6.08 Å². The number of ether oxygens (including phenoxy) is 2. The zero-order chi connectivity index (χ0) is 17.3. The predicted octanol–water partition coefficient (Wildman–Crippen LogP) is 4.96. The zero-order valence-corrected chi connectivity index (χ0v) is 15.0. The van der Waals surface area contributed by atoms with Crippen LogP contribution in [-0.4, -0.2) is 24.6 Å². The van der Waals surface area contributed by atoms with Crippen LogP contribution in [0.5, 0.6) is 0 Å². The van der Waals surface area contributed by atoms with Gasteiger partial charge in [0.1, 0.15) is 0 Å². The highest BCUT2D eigenvalue weighted by Crippen LogP contribution is 2.11. The quantitative estimate of drug-likeness (QED) is 0.242. The molecule has 4 nitrogen and oxygen atoms in total. The Morgan fingerprint density at radius 2 is 1.65 bits per heavy atom. The molecule has 1 unspecified atom stereocenters. The van der Waals surface area contributed by atoms with Gasteiger partial charge in [-0.3, -0.25) is 9.59 Å². The largest absolute Gasteiger partial charge is 0.465 e. The van der Waals surface area contributed by atoms with Gasteiger partial charge in [-0.25, -0.2) is 0 Å². The van der Waals surface area contributed by atoms with Gasteiger partial charge in [0.15, 0.2) is 0 Å². The molecule has 0 spiro atoms. The van der Waals surface area contributed by atoms with E-state index in [9.17, 15) is 9.59 Å². The summed E-state index contributed by atoms with van der Waals surface area (Å²) in [6.07, 6.45) is 11.7. The van der Waals surface area contributed by atoms with Crippen molar-refractivity contribution in [3.8, 4) is 0 Å². The van der Waals surface area contributed by atoms with Crippen LogP contribution in [-0.2, 0) is 19.1 Å². The molecule has 0 saturated carbocycles. The maximum atomic E-state index is 11.7. The average Bonchev–Trinajstić information content (AvgIpc) is 2.51. The minimum absolute atomic E-state index is 0.0341. The molecule has 0 aliphatic heterocycles. The maximum Gasteiger partial charge on any atom is 0.306 e. The molecule has 0 amide bonds. The first-order chi connectivity index (χ1) is 11.1. The third kappa shape index (κ3) is 15.4. The lowest BCUT2D eigenvalue weighted by molar-refractivity contribution is -0.149. The molecule has 4 heteroatoms. The minimum Gasteiger partial charge on any atom is -0.465 e. The van der Waals surface area contributed by atoms with Gasteiger partial charge in [-0.2, -0.15) is 0 Å². The van der Waals surface area contributed by atoms with Crippen LogP contribution >= 0.6 is 0 Å². The molecule has 0 rings (SSSR count). The van der Waals surface area contributed by atoms with Gasteiger partial charge in [-0.05, 0) is 32.6 Å². The van der Waals surface area contributed by atoms with E-state index in [1.807, 2.05) is 6.92 Å². The van der Waals surface area contributed by atoms with Crippen LogP contribution in [0.3, 0.4) is 0 Å². The van der Waals surface area contributed by atoms with Crippen molar-refractivity contribution < 1.29 is 19.1 Å². The lowest BCUT2D eigenvalue weighted by Gasteiger charge is -2.13. The lowest BCUT2D eigenvalue weighted by Crippen LogP contribution is -2.15. The van der Waals surface area contributed by atoms with E-state index < -0.39 is 0 Å².